The summed E-state index contributed by atoms with van der Waals surface area (Å²) in [5.41, 5.74) is -4.18. The van der Waals surface area contributed by atoms with Crippen LogP contribution in [-0.4, -0.2) is 63.5 Å². The summed E-state index contributed by atoms with van der Waals surface area (Å²) < 4.78 is 66.7. The van der Waals surface area contributed by atoms with Crippen LogP contribution in [0.5, 0.6) is 0 Å². The van der Waals surface area contributed by atoms with Crippen LogP contribution < -0.4 is 10.6 Å². The number of hydrogen-bond donors (Lipinski definition) is 2. The molecule has 1 fully saturated rings. The molecule has 1 aliphatic heterocycles. The molecule has 1 saturated heterocycles. The quantitative estimate of drug-likeness (QED) is 0.236. The molecule has 0 unspecified atom stereocenters. The first-order valence-corrected chi connectivity index (χ1v) is 10.3. The number of ether oxygens (including phenoxy) is 1. The van der Waals surface area contributed by atoms with Crippen molar-refractivity contribution in [1.29, 1.82) is 0 Å². The van der Waals surface area contributed by atoms with Crippen molar-refractivity contribution in [3.8, 4) is 0 Å². The largest absolute Gasteiger partial charge is 0.511 e. The van der Waals surface area contributed by atoms with Crippen LogP contribution in [0.1, 0.15) is 18.4 Å². The van der Waals surface area contributed by atoms with Gasteiger partial charge in [-0.15, -0.1) is 24.0 Å². The third kappa shape index (κ3) is 7.90. The van der Waals surface area contributed by atoms with Crippen LogP contribution in [0.25, 0.3) is 0 Å². The Balaban J connectivity index is 0.00000420. The fraction of sp³-hybridized carbons (Fsp3) is 0.588. The van der Waals surface area contributed by atoms with Crippen LogP contribution in [0.15, 0.2) is 35.3 Å². The Labute approximate surface area is 186 Å². The van der Waals surface area contributed by atoms with Crippen molar-refractivity contribution in [1.82, 2.24) is 14.9 Å². The maximum absolute atomic E-state index is 12.6. The maximum atomic E-state index is 12.6. The highest BCUT2D eigenvalue weighted by Gasteiger charge is 2.50. The van der Waals surface area contributed by atoms with E-state index in [2.05, 4.69) is 15.6 Å². The van der Waals surface area contributed by atoms with Crippen LogP contribution in [-0.2, 0) is 21.4 Å². The minimum absolute atomic E-state index is 0. The summed E-state index contributed by atoms with van der Waals surface area (Å²) in [6, 6.07) is 9.60. The second-order valence-electron chi connectivity index (χ2n) is 6.31. The van der Waals surface area contributed by atoms with Gasteiger partial charge in [0.05, 0.1) is 13.2 Å². The summed E-state index contributed by atoms with van der Waals surface area (Å²) in [5, 5.41) is 6.18. The van der Waals surface area contributed by atoms with Gasteiger partial charge in [-0.3, -0.25) is 4.99 Å². The van der Waals surface area contributed by atoms with Crippen LogP contribution in [0, 0.1) is 0 Å². The zero-order chi connectivity index (χ0) is 20.6. The predicted molar refractivity (Wildman–Crippen MR) is 116 cm³/mol. The molecule has 1 heterocycles. The molecule has 1 aromatic rings. The molecule has 0 saturated carbocycles. The van der Waals surface area contributed by atoms with Gasteiger partial charge in [-0.2, -0.15) is 17.5 Å². The monoisotopic (exact) mass is 550 g/mol. The Morgan fingerprint density at radius 3 is 2.41 bits per heavy atom. The van der Waals surface area contributed by atoms with E-state index in [4.69, 9.17) is 4.74 Å². The molecule has 0 aliphatic carbocycles. The van der Waals surface area contributed by atoms with E-state index in [9.17, 15) is 21.6 Å². The Kier molecular flexibility index (Phi) is 10.6. The van der Waals surface area contributed by atoms with Crippen LogP contribution >= 0.6 is 24.0 Å². The summed E-state index contributed by atoms with van der Waals surface area (Å²) in [6.45, 7) is 1.10. The van der Waals surface area contributed by atoms with Crippen molar-refractivity contribution in [2.24, 2.45) is 4.99 Å². The minimum atomic E-state index is -5.26. The van der Waals surface area contributed by atoms with Crippen molar-refractivity contribution in [3.05, 3.63) is 35.9 Å². The fourth-order valence-corrected chi connectivity index (χ4v) is 3.77. The normalized spacial score (nSPS) is 16.9. The number of hydrogen-bond acceptors (Lipinski definition) is 4. The maximum Gasteiger partial charge on any atom is 0.511 e. The lowest BCUT2D eigenvalue weighted by Crippen LogP contribution is -2.51. The van der Waals surface area contributed by atoms with E-state index in [0.29, 0.717) is 30.0 Å². The van der Waals surface area contributed by atoms with Gasteiger partial charge in [0.15, 0.2) is 5.96 Å². The number of alkyl halides is 3. The van der Waals surface area contributed by atoms with Crippen LogP contribution in [0.4, 0.5) is 13.2 Å². The molecule has 2 rings (SSSR count). The zero-order valence-electron chi connectivity index (χ0n) is 16.0. The summed E-state index contributed by atoms with van der Waals surface area (Å²) in [7, 11) is -3.67. The topological polar surface area (TPSA) is 83.0 Å². The number of rotatable bonds is 7. The van der Waals surface area contributed by atoms with Crippen molar-refractivity contribution in [2.75, 3.05) is 33.3 Å². The van der Waals surface area contributed by atoms with Gasteiger partial charge in [0, 0.05) is 32.7 Å². The summed E-state index contributed by atoms with van der Waals surface area (Å²) >= 11 is 0. The molecule has 7 nitrogen and oxygen atoms in total. The molecule has 12 heteroatoms. The van der Waals surface area contributed by atoms with Crippen LogP contribution in [0.3, 0.4) is 0 Å². The number of piperidine rings is 1. The Bertz CT molecular complexity index is 740. The van der Waals surface area contributed by atoms with Gasteiger partial charge in [-0.05, 0) is 18.4 Å². The number of benzene rings is 1. The van der Waals surface area contributed by atoms with E-state index in [0.717, 1.165) is 5.56 Å². The van der Waals surface area contributed by atoms with Gasteiger partial charge < -0.3 is 15.4 Å². The molecule has 166 valence electrons. The molecule has 1 aliphatic rings. The molecule has 0 radical (unpaired) electrons. The summed E-state index contributed by atoms with van der Waals surface area (Å²) in [4.78, 5) is 4.07. The number of aliphatic imine (C=N–C) groups is 1. The molecule has 2 N–H and O–H groups in total. The van der Waals surface area contributed by atoms with Gasteiger partial charge in [-0.25, -0.2) is 8.42 Å². The summed E-state index contributed by atoms with van der Waals surface area (Å²) in [5.74, 6) is 0.500. The smallest absolute Gasteiger partial charge is 0.375 e. The van der Waals surface area contributed by atoms with Gasteiger partial charge in [0.2, 0.25) is 0 Å². The number of guanidine groups is 1. The average molecular weight is 550 g/mol. The molecule has 0 atom stereocenters. The number of nitrogens with one attached hydrogen (secondary N) is 2. The number of nitrogens with zero attached hydrogens (tertiary/aromatic N) is 2. The lowest BCUT2D eigenvalue weighted by molar-refractivity contribution is -0.0494. The van der Waals surface area contributed by atoms with Gasteiger partial charge >= 0.3 is 15.5 Å². The van der Waals surface area contributed by atoms with E-state index < -0.39 is 15.5 Å². The third-order valence-electron chi connectivity index (χ3n) is 4.30. The molecule has 1 aromatic carbocycles. The van der Waals surface area contributed by atoms with E-state index >= 15 is 0 Å². The van der Waals surface area contributed by atoms with Crippen molar-refractivity contribution >= 4 is 40.0 Å². The average Bonchev–Trinajstić information content (AvgIpc) is 2.67. The van der Waals surface area contributed by atoms with Crippen molar-refractivity contribution in [2.45, 2.75) is 31.0 Å². The van der Waals surface area contributed by atoms with Gasteiger partial charge in [0.1, 0.15) is 0 Å². The van der Waals surface area contributed by atoms with Gasteiger partial charge in [-0.1, -0.05) is 30.3 Å². The first-order chi connectivity index (χ1) is 13.2. The SMILES string of the molecule is CN=C(NCCOCc1ccccc1)NC1CCN(S(=O)(=O)C(F)(F)F)CC1.I. The van der Waals surface area contributed by atoms with E-state index in [-0.39, 0.29) is 55.9 Å². The highest BCUT2D eigenvalue weighted by atomic mass is 127. The van der Waals surface area contributed by atoms with E-state index in [1.807, 2.05) is 30.3 Å². The Morgan fingerprint density at radius 2 is 1.86 bits per heavy atom. The Morgan fingerprint density at radius 1 is 1.24 bits per heavy atom. The standard InChI is InChI=1S/C17H25F3N4O3S.HI/c1-21-16(22-9-12-27-13-14-5-3-2-4-6-14)23-15-7-10-24(11-8-15)28(25,26)17(18,19)20;/h2-6,15H,7-13H2,1H3,(H2,21,22,23);1H. The van der Waals surface area contributed by atoms with E-state index in [1.54, 1.807) is 7.05 Å². The highest BCUT2D eigenvalue weighted by Crippen LogP contribution is 2.28. The van der Waals surface area contributed by atoms with E-state index in [1.165, 1.54) is 0 Å². The molecule has 29 heavy (non-hydrogen) atoms. The zero-order valence-corrected chi connectivity index (χ0v) is 19.1. The van der Waals surface area contributed by atoms with Crippen molar-refractivity contribution < 1.29 is 26.3 Å². The molecule has 0 amide bonds. The van der Waals surface area contributed by atoms with Gasteiger partial charge in [0.25, 0.3) is 0 Å². The fourth-order valence-electron chi connectivity index (χ4n) is 2.78. The molecule has 0 bridgehead atoms. The second kappa shape index (κ2) is 11.9. The van der Waals surface area contributed by atoms with Crippen molar-refractivity contribution in [3.63, 3.8) is 0 Å². The highest BCUT2D eigenvalue weighted by molar-refractivity contribution is 14.0. The first-order valence-electron chi connectivity index (χ1n) is 8.89. The lowest BCUT2D eigenvalue weighted by atomic mass is 10.1. The molecular weight excluding hydrogens is 524 g/mol. The summed E-state index contributed by atoms with van der Waals surface area (Å²) in [6.07, 6.45) is 0.529. The number of sulfonamides is 1. The Hall–Kier alpha value is -1.12. The predicted octanol–water partition coefficient (Wildman–Crippen LogP) is 2.30. The lowest BCUT2D eigenvalue weighted by Gasteiger charge is -2.32. The number of halogens is 4. The minimum Gasteiger partial charge on any atom is -0.375 e. The van der Waals surface area contributed by atoms with Crippen LogP contribution in [0.2, 0.25) is 0 Å². The second-order valence-corrected chi connectivity index (χ2v) is 8.24. The molecular formula is C17H26F3IN4O3S. The first kappa shape index (κ1) is 25.9. The third-order valence-corrected chi connectivity index (χ3v) is 5.93. The molecule has 0 spiro atoms. The molecule has 0 aromatic heterocycles.